The van der Waals surface area contributed by atoms with Crippen molar-refractivity contribution in [1.82, 2.24) is 20.9 Å². The highest BCUT2D eigenvalue weighted by atomic mass is 16.2. The van der Waals surface area contributed by atoms with Gasteiger partial charge in [-0.3, -0.25) is 14.5 Å². The average molecular weight is 319 g/mol. The summed E-state index contributed by atoms with van der Waals surface area (Å²) in [6.07, 6.45) is 0. The number of hydrogen-bond donors (Lipinski definition) is 4. The number of nitrogens with one attached hydrogen (secondary N) is 3. The van der Waals surface area contributed by atoms with Crippen molar-refractivity contribution in [2.75, 3.05) is 39.3 Å². The van der Waals surface area contributed by atoms with Gasteiger partial charge in [0.15, 0.2) is 0 Å². The normalized spacial score (nSPS) is 15.2. The van der Waals surface area contributed by atoms with E-state index in [0.717, 1.165) is 43.9 Å². The Hall–Kier alpha value is -1.96. The van der Waals surface area contributed by atoms with Crippen LogP contribution in [-0.4, -0.2) is 56.0 Å². The quantitative estimate of drug-likeness (QED) is 0.493. The molecule has 2 amide bonds. The van der Waals surface area contributed by atoms with Gasteiger partial charge in [-0.05, 0) is 11.1 Å². The van der Waals surface area contributed by atoms with Crippen LogP contribution in [0.25, 0.3) is 0 Å². The van der Waals surface area contributed by atoms with Crippen molar-refractivity contribution in [3.05, 3.63) is 35.4 Å². The van der Waals surface area contributed by atoms with Gasteiger partial charge in [0.2, 0.25) is 0 Å². The van der Waals surface area contributed by atoms with Crippen LogP contribution in [0.4, 0.5) is 0 Å². The van der Waals surface area contributed by atoms with E-state index < -0.39 is 11.8 Å². The van der Waals surface area contributed by atoms with Crippen molar-refractivity contribution >= 4 is 11.8 Å². The summed E-state index contributed by atoms with van der Waals surface area (Å²) in [5.74, 6) is -1.20. The van der Waals surface area contributed by atoms with E-state index in [2.05, 4.69) is 20.9 Å². The Labute approximate surface area is 136 Å². The van der Waals surface area contributed by atoms with Crippen molar-refractivity contribution in [1.29, 1.82) is 0 Å². The predicted octanol–water partition coefficient (Wildman–Crippen LogP) is -1.22. The third-order valence-corrected chi connectivity index (χ3v) is 3.81. The Morgan fingerprint density at radius 3 is 2.57 bits per heavy atom. The first kappa shape index (κ1) is 17.4. The minimum absolute atomic E-state index is 0.317. The first-order chi connectivity index (χ1) is 11.2. The van der Waals surface area contributed by atoms with E-state index in [-0.39, 0.29) is 0 Å². The molecular formula is C16H25N5O2. The highest BCUT2D eigenvalue weighted by Crippen LogP contribution is 2.04. The Bertz CT molecular complexity index is 529. The maximum atomic E-state index is 11.8. The second-order valence-corrected chi connectivity index (χ2v) is 5.55. The van der Waals surface area contributed by atoms with E-state index >= 15 is 0 Å². The van der Waals surface area contributed by atoms with Gasteiger partial charge in [0.1, 0.15) is 0 Å². The Morgan fingerprint density at radius 2 is 1.83 bits per heavy atom. The molecule has 2 rings (SSSR count). The summed E-state index contributed by atoms with van der Waals surface area (Å²) in [6, 6.07) is 7.62. The molecule has 126 valence electrons. The molecule has 7 heteroatoms. The first-order valence-corrected chi connectivity index (χ1v) is 7.96. The summed E-state index contributed by atoms with van der Waals surface area (Å²) in [5, 5.41) is 8.55. The van der Waals surface area contributed by atoms with Gasteiger partial charge in [-0.25, -0.2) is 0 Å². The molecule has 1 aliphatic heterocycles. The second kappa shape index (κ2) is 9.24. The third kappa shape index (κ3) is 5.97. The molecule has 0 saturated carbocycles. The Kier molecular flexibility index (Phi) is 6.99. The maximum Gasteiger partial charge on any atom is 0.309 e. The fourth-order valence-electron chi connectivity index (χ4n) is 2.47. The van der Waals surface area contributed by atoms with Gasteiger partial charge in [-0.1, -0.05) is 24.3 Å². The van der Waals surface area contributed by atoms with E-state index in [1.165, 1.54) is 0 Å². The monoisotopic (exact) mass is 319 g/mol. The molecule has 7 nitrogen and oxygen atoms in total. The zero-order valence-electron chi connectivity index (χ0n) is 13.3. The van der Waals surface area contributed by atoms with Crippen LogP contribution in [-0.2, 0) is 22.7 Å². The van der Waals surface area contributed by atoms with E-state index in [4.69, 9.17) is 5.73 Å². The van der Waals surface area contributed by atoms with E-state index in [9.17, 15) is 9.59 Å². The van der Waals surface area contributed by atoms with Gasteiger partial charge < -0.3 is 21.7 Å². The van der Waals surface area contributed by atoms with Crippen LogP contribution >= 0.6 is 0 Å². The molecule has 1 aromatic carbocycles. The smallest absolute Gasteiger partial charge is 0.309 e. The molecule has 23 heavy (non-hydrogen) atoms. The molecule has 1 heterocycles. The van der Waals surface area contributed by atoms with E-state index in [1.54, 1.807) is 0 Å². The van der Waals surface area contributed by atoms with Gasteiger partial charge in [-0.2, -0.15) is 0 Å². The lowest BCUT2D eigenvalue weighted by Gasteiger charge is -2.26. The van der Waals surface area contributed by atoms with Crippen molar-refractivity contribution in [2.45, 2.75) is 13.1 Å². The molecule has 0 aliphatic carbocycles. The highest BCUT2D eigenvalue weighted by molar-refractivity contribution is 6.35. The van der Waals surface area contributed by atoms with Gasteiger partial charge in [-0.15, -0.1) is 0 Å². The maximum absolute atomic E-state index is 11.8. The molecule has 0 unspecified atom stereocenters. The van der Waals surface area contributed by atoms with E-state index in [0.29, 0.717) is 19.6 Å². The van der Waals surface area contributed by atoms with Crippen LogP contribution in [0.15, 0.2) is 24.3 Å². The van der Waals surface area contributed by atoms with Gasteiger partial charge in [0.25, 0.3) is 0 Å². The van der Waals surface area contributed by atoms with Crippen LogP contribution in [0.2, 0.25) is 0 Å². The number of nitrogens with zero attached hydrogens (tertiary/aromatic N) is 1. The topological polar surface area (TPSA) is 99.5 Å². The molecule has 1 aromatic rings. The van der Waals surface area contributed by atoms with Gasteiger partial charge in [0, 0.05) is 52.4 Å². The Morgan fingerprint density at radius 1 is 1.13 bits per heavy atom. The summed E-state index contributed by atoms with van der Waals surface area (Å²) >= 11 is 0. The van der Waals surface area contributed by atoms with Crippen LogP contribution in [0.1, 0.15) is 11.1 Å². The average Bonchev–Trinajstić information content (AvgIpc) is 2.60. The van der Waals surface area contributed by atoms with Crippen LogP contribution in [0.3, 0.4) is 0 Å². The zero-order chi connectivity index (χ0) is 16.5. The molecule has 0 bridgehead atoms. The number of nitrogens with two attached hydrogens (primary N) is 1. The largest absolute Gasteiger partial charge is 0.347 e. The third-order valence-electron chi connectivity index (χ3n) is 3.81. The van der Waals surface area contributed by atoms with E-state index in [1.807, 2.05) is 24.3 Å². The molecular weight excluding hydrogens is 294 g/mol. The molecule has 0 spiro atoms. The van der Waals surface area contributed by atoms with Gasteiger partial charge in [0.05, 0.1) is 0 Å². The number of piperazine rings is 1. The highest BCUT2D eigenvalue weighted by Gasteiger charge is 2.14. The number of benzene rings is 1. The molecule has 0 radical (unpaired) electrons. The van der Waals surface area contributed by atoms with Crippen LogP contribution in [0.5, 0.6) is 0 Å². The number of carbonyl (C=O) groups excluding carboxylic acids is 2. The standard InChI is InChI=1S/C16H25N5O2/c17-11-13-2-1-3-14(10-13)12-20-16(23)15(22)19-6-9-21-7-4-18-5-8-21/h1-3,10,18H,4-9,11-12,17H2,(H,19,22)(H,20,23). The molecule has 1 aliphatic rings. The van der Waals surface area contributed by atoms with Gasteiger partial charge >= 0.3 is 11.8 Å². The van der Waals surface area contributed by atoms with Crippen LogP contribution in [0, 0.1) is 0 Å². The van der Waals surface area contributed by atoms with Crippen molar-refractivity contribution in [2.24, 2.45) is 5.73 Å². The lowest BCUT2D eigenvalue weighted by Crippen LogP contribution is -2.47. The fraction of sp³-hybridized carbons (Fsp3) is 0.500. The Balaban J connectivity index is 1.66. The fourth-order valence-corrected chi connectivity index (χ4v) is 2.47. The SMILES string of the molecule is NCc1cccc(CNC(=O)C(=O)NCCN2CCNCC2)c1. The molecule has 1 fully saturated rings. The molecule has 5 N–H and O–H groups in total. The lowest BCUT2D eigenvalue weighted by atomic mass is 10.1. The number of carbonyl (C=O) groups is 2. The van der Waals surface area contributed by atoms with Crippen molar-refractivity contribution in [3.63, 3.8) is 0 Å². The summed E-state index contributed by atoms with van der Waals surface area (Å²) in [7, 11) is 0. The van der Waals surface area contributed by atoms with Crippen molar-refractivity contribution in [3.8, 4) is 0 Å². The second-order valence-electron chi connectivity index (χ2n) is 5.55. The summed E-state index contributed by atoms with van der Waals surface area (Å²) in [6.45, 7) is 5.89. The lowest BCUT2D eigenvalue weighted by molar-refractivity contribution is -0.139. The summed E-state index contributed by atoms with van der Waals surface area (Å²) in [5.41, 5.74) is 7.50. The molecule has 0 atom stereocenters. The molecule has 0 aromatic heterocycles. The predicted molar refractivity (Wildman–Crippen MR) is 88.5 cm³/mol. The minimum Gasteiger partial charge on any atom is -0.347 e. The number of amides is 2. The number of rotatable bonds is 6. The number of hydrogen-bond acceptors (Lipinski definition) is 5. The summed E-state index contributed by atoms with van der Waals surface area (Å²) in [4.78, 5) is 25.8. The van der Waals surface area contributed by atoms with Crippen LogP contribution < -0.4 is 21.7 Å². The summed E-state index contributed by atoms with van der Waals surface area (Å²) < 4.78 is 0. The molecule has 1 saturated heterocycles. The minimum atomic E-state index is -0.608. The zero-order valence-corrected chi connectivity index (χ0v) is 13.3. The van der Waals surface area contributed by atoms with Crippen molar-refractivity contribution < 1.29 is 9.59 Å². The first-order valence-electron chi connectivity index (χ1n) is 7.96.